The van der Waals surface area contributed by atoms with Gasteiger partial charge in [-0.1, -0.05) is 70.7 Å². The van der Waals surface area contributed by atoms with Crippen LogP contribution < -0.4 is 5.32 Å². The van der Waals surface area contributed by atoms with Crippen LogP contribution in [0, 0.1) is 35.5 Å². The largest absolute Gasteiger partial charge is 0.469 e. The number of ether oxygens (including phenoxy) is 2. The number of nitrogens with zero attached hydrogens (tertiary/aromatic N) is 4. The van der Waals surface area contributed by atoms with Gasteiger partial charge in [0.2, 0.25) is 11.8 Å². The second kappa shape index (κ2) is 19.2. The highest BCUT2D eigenvalue weighted by Crippen LogP contribution is 2.38. The number of imidazole rings is 2. The van der Waals surface area contributed by atoms with Crippen LogP contribution in [0.4, 0.5) is 4.79 Å². The molecule has 4 aromatic rings. The van der Waals surface area contributed by atoms with Gasteiger partial charge < -0.3 is 34.6 Å². The molecule has 3 amide bonds. The molecular weight excluding hydrogens is 763 g/mol. The van der Waals surface area contributed by atoms with Gasteiger partial charge in [0.25, 0.3) is 0 Å². The molecule has 2 aromatic carbocycles. The molecule has 4 heterocycles. The number of hydrogen-bond donors (Lipinski definition) is 3. The summed E-state index contributed by atoms with van der Waals surface area (Å²) in [7, 11) is 2.60. The van der Waals surface area contributed by atoms with E-state index >= 15 is 0 Å². The number of Topliss-reactive ketones (excluding diaryl/α,β-unsaturated/α-hetero) is 1. The van der Waals surface area contributed by atoms with Crippen LogP contribution in [0.3, 0.4) is 0 Å². The van der Waals surface area contributed by atoms with E-state index in [1.54, 1.807) is 22.2 Å². The summed E-state index contributed by atoms with van der Waals surface area (Å²) in [6.07, 6.45) is 5.31. The van der Waals surface area contributed by atoms with Crippen LogP contribution in [0.25, 0.3) is 22.5 Å². The molecule has 2 saturated heterocycles. The molecule has 0 bridgehead atoms. The van der Waals surface area contributed by atoms with E-state index in [4.69, 9.17) is 9.47 Å². The molecule has 6 rings (SSSR count). The van der Waals surface area contributed by atoms with Gasteiger partial charge in [-0.05, 0) is 66.5 Å². The lowest BCUT2D eigenvalue weighted by Gasteiger charge is -2.30. The summed E-state index contributed by atoms with van der Waals surface area (Å²) in [5.41, 5.74) is 5.11. The van der Waals surface area contributed by atoms with Crippen molar-refractivity contribution in [3.05, 3.63) is 83.7 Å². The van der Waals surface area contributed by atoms with Gasteiger partial charge in [-0.25, -0.2) is 14.8 Å². The number of esters is 1. The molecule has 2 fully saturated rings. The van der Waals surface area contributed by atoms with E-state index in [9.17, 15) is 24.0 Å². The zero-order valence-corrected chi connectivity index (χ0v) is 35.4. The number of H-pyrrole nitrogens is 2. The van der Waals surface area contributed by atoms with Gasteiger partial charge in [0.1, 0.15) is 23.5 Å². The number of rotatable bonds is 13. The smallest absolute Gasteiger partial charge is 0.407 e. The summed E-state index contributed by atoms with van der Waals surface area (Å²) < 4.78 is 9.63. The molecule has 5 atom stereocenters. The van der Waals surface area contributed by atoms with Gasteiger partial charge in [-0.3, -0.25) is 19.2 Å². The molecule has 2 aromatic heterocycles. The third-order valence-corrected chi connectivity index (χ3v) is 11.6. The average molecular weight is 818 g/mol. The summed E-state index contributed by atoms with van der Waals surface area (Å²) in [6.45, 7) is 10.3. The number of aromatic amines is 2. The number of likely N-dealkylation sites (tertiary alicyclic amines) is 2. The van der Waals surface area contributed by atoms with Crippen molar-refractivity contribution in [3.63, 3.8) is 0 Å². The Morgan fingerprint density at radius 1 is 0.783 bits per heavy atom. The highest BCUT2D eigenvalue weighted by atomic mass is 16.5. The van der Waals surface area contributed by atoms with Crippen LogP contribution in [0.1, 0.15) is 102 Å². The van der Waals surface area contributed by atoms with Gasteiger partial charge in [-0.15, -0.1) is 0 Å². The molecular formula is C46H55N7O7. The first-order valence-electron chi connectivity index (χ1n) is 20.7. The number of hydrogen-bond acceptors (Lipinski definition) is 9. The fourth-order valence-electron chi connectivity index (χ4n) is 8.05. The van der Waals surface area contributed by atoms with Crippen molar-refractivity contribution in [1.29, 1.82) is 0 Å². The Morgan fingerprint density at radius 3 is 1.85 bits per heavy atom. The summed E-state index contributed by atoms with van der Waals surface area (Å²) in [4.78, 5) is 84.0. The molecule has 2 aliphatic rings. The Morgan fingerprint density at radius 2 is 1.35 bits per heavy atom. The molecule has 0 saturated carbocycles. The Balaban J connectivity index is 1.11. The van der Waals surface area contributed by atoms with Crippen molar-refractivity contribution < 1.29 is 33.4 Å². The molecule has 3 N–H and O–H groups in total. The first kappa shape index (κ1) is 43.4. The molecule has 0 aliphatic carbocycles. The number of methoxy groups -OCH3 is 2. The van der Waals surface area contributed by atoms with Gasteiger partial charge in [-0.2, -0.15) is 0 Å². The Kier molecular flexibility index (Phi) is 13.9. The number of aromatic nitrogens is 4. The summed E-state index contributed by atoms with van der Waals surface area (Å²) in [5, 5.41) is 2.68. The van der Waals surface area contributed by atoms with Crippen molar-refractivity contribution in [1.82, 2.24) is 35.1 Å². The number of carbonyl (C=O) groups excluding carboxylic acids is 5. The first-order chi connectivity index (χ1) is 28.8. The fraction of sp³-hybridized carbons (Fsp3) is 0.457. The predicted octanol–water partition coefficient (Wildman–Crippen LogP) is 6.61. The Labute approximate surface area is 351 Å². The normalized spacial score (nSPS) is 18.5. The van der Waals surface area contributed by atoms with Crippen molar-refractivity contribution in [2.45, 2.75) is 84.8 Å². The van der Waals surface area contributed by atoms with E-state index < -0.39 is 30.1 Å². The summed E-state index contributed by atoms with van der Waals surface area (Å²) in [5.74, 6) is 6.03. The zero-order chi connectivity index (χ0) is 43.1. The number of benzene rings is 2. The van der Waals surface area contributed by atoms with E-state index in [2.05, 4.69) is 37.1 Å². The fourth-order valence-corrected chi connectivity index (χ4v) is 8.05. The minimum absolute atomic E-state index is 0.0239. The maximum absolute atomic E-state index is 13.9. The topological polar surface area (TPSA) is 180 Å². The van der Waals surface area contributed by atoms with E-state index in [0.717, 1.165) is 46.5 Å². The highest BCUT2D eigenvalue weighted by Gasteiger charge is 2.43. The van der Waals surface area contributed by atoms with Crippen LogP contribution >= 0.6 is 0 Å². The number of carbonyl (C=O) groups is 5. The van der Waals surface area contributed by atoms with E-state index in [0.29, 0.717) is 37.6 Å². The maximum atomic E-state index is 13.9. The number of alkyl carbamates (subject to hydrolysis) is 1. The lowest BCUT2D eigenvalue weighted by atomic mass is 9.90. The van der Waals surface area contributed by atoms with E-state index in [1.807, 2.05) is 83.1 Å². The maximum Gasteiger partial charge on any atom is 0.407 e. The number of ketones is 1. The second-order valence-electron chi connectivity index (χ2n) is 16.2. The summed E-state index contributed by atoms with van der Waals surface area (Å²) >= 11 is 0. The first-order valence-corrected chi connectivity index (χ1v) is 20.7. The minimum Gasteiger partial charge on any atom is -0.469 e. The molecule has 14 nitrogen and oxygen atoms in total. The highest BCUT2D eigenvalue weighted by molar-refractivity contribution is 5.87. The van der Waals surface area contributed by atoms with Crippen LogP contribution in [0.5, 0.6) is 0 Å². The Bertz CT molecular complexity index is 2230. The zero-order valence-electron chi connectivity index (χ0n) is 35.4. The number of amides is 3. The second-order valence-corrected chi connectivity index (χ2v) is 16.2. The molecule has 2 aliphatic heterocycles. The van der Waals surface area contributed by atoms with E-state index in [1.165, 1.54) is 14.2 Å². The van der Waals surface area contributed by atoms with Crippen LogP contribution in [-0.4, -0.2) is 92.7 Å². The molecule has 316 valence electrons. The van der Waals surface area contributed by atoms with Crippen LogP contribution in [-0.2, 0) is 28.7 Å². The van der Waals surface area contributed by atoms with Gasteiger partial charge in [0.15, 0.2) is 0 Å². The molecule has 0 radical (unpaired) electrons. The molecule has 0 spiro atoms. The monoisotopic (exact) mass is 817 g/mol. The van der Waals surface area contributed by atoms with Crippen molar-refractivity contribution in [2.75, 3.05) is 27.3 Å². The van der Waals surface area contributed by atoms with Crippen LogP contribution in [0.15, 0.2) is 60.9 Å². The van der Waals surface area contributed by atoms with Crippen molar-refractivity contribution >= 4 is 29.7 Å². The van der Waals surface area contributed by atoms with Crippen molar-refractivity contribution in [3.8, 4) is 34.4 Å². The SMILES string of the molecule is CCC(=O)C1C[C@@H](c2ncc(-c3ccc(C#Cc4ccc(-c5cnc([C@@H]6CCCN6C(=O)[C@@H](NC(=O)OC)C(C)C)[nH]5)cc4)cc3)[nH]2)N(C(=O)[C@@H](CC(=O)OC)C(C)C)C1. The van der Waals surface area contributed by atoms with E-state index in [-0.39, 0.29) is 47.8 Å². The molecule has 1 unspecified atom stereocenters. The lowest BCUT2D eigenvalue weighted by Crippen LogP contribution is -2.51. The molecule has 60 heavy (non-hydrogen) atoms. The minimum atomic E-state index is -0.699. The van der Waals surface area contributed by atoms with Crippen molar-refractivity contribution in [2.24, 2.45) is 23.7 Å². The predicted molar refractivity (Wildman–Crippen MR) is 225 cm³/mol. The quantitative estimate of drug-likeness (QED) is 0.0989. The van der Waals surface area contributed by atoms with Gasteiger partial charge in [0, 0.05) is 36.6 Å². The number of nitrogens with one attached hydrogen (secondary N) is 3. The van der Waals surface area contributed by atoms with Crippen LogP contribution in [0.2, 0.25) is 0 Å². The third-order valence-electron chi connectivity index (χ3n) is 11.6. The average Bonchev–Trinajstić information content (AvgIpc) is 4.10. The lowest BCUT2D eigenvalue weighted by molar-refractivity contribution is -0.148. The Hall–Kier alpha value is -6.23. The summed E-state index contributed by atoms with van der Waals surface area (Å²) in [6, 6.07) is 14.3. The molecule has 14 heteroatoms. The van der Waals surface area contributed by atoms with Gasteiger partial charge >= 0.3 is 12.1 Å². The van der Waals surface area contributed by atoms with Gasteiger partial charge in [0.05, 0.1) is 62.4 Å². The standard InChI is InChI=1S/C46H55N7O7/c1-8-39(54)33-22-38(53(26-33)44(56)34(27(2)3)23-40(55)59-6)43-48-25-36(50-43)32-19-15-30(16-20-32)12-11-29-13-17-31(18-14-29)35-24-47-42(49-35)37-10-9-21-52(37)45(57)41(28(4)5)51-46(58)60-7/h13-20,24-25,27-28,33-34,37-38,41H,8-10,21-23,26H2,1-7H3,(H,47,49)(H,48,50)(H,51,58)/t33?,34-,37-,38-,41-/m0/s1. The third kappa shape index (κ3) is 9.79.